The number of benzene rings is 2. The zero-order valence-corrected chi connectivity index (χ0v) is 19.1. The molecule has 2 rings (SSSR count). The summed E-state index contributed by atoms with van der Waals surface area (Å²) >= 11 is 0. The highest BCUT2D eigenvalue weighted by atomic mass is 32.2. The van der Waals surface area contributed by atoms with Crippen molar-refractivity contribution in [2.75, 3.05) is 20.6 Å². The summed E-state index contributed by atoms with van der Waals surface area (Å²) < 4.78 is 39.6. The van der Waals surface area contributed by atoms with Crippen LogP contribution in [0.3, 0.4) is 0 Å². The number of guanidine groups is 1. The summed E-state index contributed by atoms with van der Waals surface area (Å²) in [5, 5.41) is 6.45. The quantitative estimate of drug-likeness (QED) is 0.495. The molecule has 0 radical (unpaired) electrons. The summed E-state index contributed by atoms with van der Waals surface area (Å²) in [4.78, 5) is 4.48. The van der Waals surface area contributed by atoms with Crippen molar-refractivity contribution in [3.63, 3.8) is 0 Å². The van der Waals surface area contributed by atoms with Gasteiger partial charge in [-0.2, -0.15) is 4.31 Å². The van der Waals surface area contributed by atoms with Crippen molar-refractivity contribution in [1.82, 2.24) is 14.9 Å². The first-order valence-electron chi connectivity index (χ1n) is 9.91. The number of nitrogens with zero attached hydrogens (tertiary/aromatic N) is 2. The molecular formula is C22H31FN4O2S. The van der Waals surface area contributed by atoms with Crippen molar-refractivity contribution >= 4 is 16.0 Å². The molecule has 0 aliphatic carbocycles. The minimum Gasteiger partial charge on any atom is -0.356 e. The van der Waals surface area contributed by atoms with Crippen molar-refractivity contribution in [3.8, 4) is 0 Å². The van der Waals surface area contributed by atoms with Crippen LogP contribution in [0.15, 0.2) is 52.4 Å². The lowest BCUT2D eigenvalue weighted by molar-refractivity contribution is 0.410. The summed E-state index contributed by atoms with van der Waals surface area (Å²) in [6.45, 7) is 6.74. The number of halogens is 1. The van der Waals surface area contributed by atoms with E-state index in [1.807, 2.05) is 20.8 Å². The van der Waals surface area contributed by atoms with Gasteiger partial charge in [0.15, 0.2) is 5.96 Å². The molecule has 0 spiro atoms. The van der Waals surface area contributed by atoms with Crippen LogP contribution in [-0.4, -0.2) is 45.4 Å². The molecule has 6 nitrogen and oxygen atoms in total. The van der Waals surface area contributed by atoms with E-state index in [1.165, 1.54) is 16.4 Å². The van der Waals surface area contributed by atoms with Crippen molar-refractivity contribution in [2.24, 2.45) is 4.99 Å². The molecule has 0 fully saturated rings. The Balaban J connectivity index is 1.89. The van der Waals surface area contributed by atoms with Gasteiger partial charge in [0.1, 0.15) is 5.82 Å². The Kier molecular flexibility index (Phi) is 8.37. The molecule has 0 saturated heterocycles. The molecule has 8 heteroatoms. The smallest absolute Gasteiger partial charge is 0.243 e. The van der Waals surface area contributed by atoms with Crippen LogP contribution in [0.4, 0.5) is 4.39 Å². The third-order valence-corrected chi connectivity index (χ3v) is 7.05. The number of hydrogen-bond acceptors (Lipinski definition) is 3. The zero-order valence-electron chi connectivity index (χ0n) is 18.2. The molecule has 164 valence electrons. The maximum atomic E-state index is 13.2. The molecule has 2 aromatic rings. The lowest BCUT2D eigenvalue weighted by Crippen LogP contribution is -2.38. The molecule has 0 aliphatic rings. The normalized spacial score (nSPS) is 12.5. The van der Waals surface area contributed by atoms with E-state index in [4.69, 9.17) is 0 Å². The molecule has 0 atom stereocenters. The number of hydrogen-bond donors (Lipinski definition) is 2. The Hall–Kier alpha value is -2.45. The van der Waals surface area contributed by atoms with Crippen molar-refractivity contribution in [3.05, 3.63) is 65.0 Å². The molecule has 0 amide bonds. The van der Waals surface area contributed by atoms with Crippen LogP contribution >= 0.6 is 0 Å². The lowest BCUT2D eigenvalue weighted by atomic mass is 10.1. The van der Waals surface area contributed by atoms with E-state index in [9.17, 15) is 12.8 Å². The van der Waals surface area contributed by atoms with Gasteiger partial charge in [-0.05, 0) is 68.1 Å². The van der Waals surface area contributed by atoms with Crippen LogP contribution in [-0.2, 0) is 23.0 Å². The standard InChI is InChI=1S/C22H31FN4O2S/c1-16(2)27(5)30(28,29)21-10-6-18(7-11-21)15-26-22(24-4)25-13-12-19-8-9-20(23)14-17(19)3/h6-11,14,16H,12-13,15H2,1-5H3,(H2,24,25,26). The Labute approximate surface area is 179 Å². The third kappa shape index (κ3) is 6.27. The van der Waals surface area contributed by atoms with Crippen molar-refractivity contribution in [2.45, 2.75) is 44.7 Å². The third-order valence-electron chi connectivity index (χ3n) is 5.00. The topological polar surface area (TPSA) is 73.8 Å². The number of nitrogens with one attached hydrogen (secondary N) is 2. The van der Waals surface area contributed by atoms with Crippen LogP contribution in [0, 0.1) is 12.7 Å². The minimum atomic E-state index is -3.48. The molecule has 2 aromatic carbocycles. The Morgan fingerprint density at radius 3 is 2.37 bits per heavy atom. The van der Waals surface area contributed by atoms with Gasteiger partial charge in [-0.3, -0.25) is 4.99 Å². The van der Waals surface area contributed by atoms with Crippen LogP contribution in [0.1, 0.15) is 30.5 Å². The first-order chi connectivity index (χ1) is 14.1. The Morgan fingerprint density at radius 1 is 1.13 bits per heavy atom. The highest BCUT2D eigenvalue weighted by Crippen LogP contribution is 2.17. The summed E-state index contributed by atoms with van der Waals surface area (Å²) in [7, 11) is -0.210. The van der Waals surface area contributed by atoms with Gasteiger partial charge in [0.05, 0.1) is 4.90 Å². The Morgan fingerprint density at radius 2 is 1.80 bits per heavy atom. The van der Waals surface area contributed by atoms with Crippen LogP contribution in [0.5, 0.6) is 0 Å². The molecule has 0 aliphatic heterocycles. The maximum Gasteiger partial charge on any atom is 0.243 e. The monoisotopic (exact) mass is 434 g/mol. The molecular weight excluding hydrogens is 403 g/mol. The summed E-state index contributed by atoms with van der Waals surface area (Å²) in [6.07, 6.45) is 0.753. The van der Waals surface area contributed by atoms with Gasteiger partial charge in [0.2, 0.25) is 10.0 Å². The Bertz CT molecular complexity index is 973. The average molecular weight is 435 g/mol. The van der Waals surface area contributed by atoms with Gasteiger partial charge < -0.3 is 10.6 Å². The van der Waals surface area contributed by atoms with E-state index < -0.39 is 10.0 Å². The van der Waals surface area contributed by atoms with E-state index in [0.717, 1.165) is 23.1 Å². The number of sulfonamides is 1. The molecule has 0 unspecified atom stereocenters. The van der Waals surface area contributed by atoms with Gasteiger partial charge >= 0.3 is 0 Å². The van der Waals surface area contributed by atoms with E-state index in [-0.39, 0.29) is 16.8 Å². The van der Waals surface area contributed by atoms with Crippen molar-refractivity contribution in [1.29, 1.82) is 0 Å². The van der Waals surface area contributed by atoms with Gasteiger partial charge in [0.25, 0.3) is 0 Å². The summed E-state index contributed by atoms with van der Waals surface area (Å²) in [5.41, 5.74) is 2.96. The van der Waals surface area contributed by atoms with Gasteiger partial charge in [-0.1, -0.05) is 18.2 Å². The molecule has 2 N–H and O–H groups in total. The number of rotatable bonds is 8. The number of aryl methyl sites for hydroxylation is 1. The fourth-order valence-electron chi connectivity index (χ4n) is 2.88. The fraction of sp³-hybridized carbons (Fsp3) is 0.409. The molecule has 0 bridgehead atoms. The van der Waals surface area contributed by atoms with Crippen molar-refractivity contribution < 1.29 is 12.8 Å². The predicted molar refractivity (Wildman–Crippen MR) is 120 cm³/mol. The van der Waals surface area contributed by atoms with E-state index in [1.54, 1.807) is 44.4 Å². The minimum absolute atomic E-state index is 0.107. The van der Waals surface area contributed by atoms with Crippen LogP contribution < -0.4 is 10.6 Å². The van der Waals surface area contributed by atoms with Crippen LogP contribution in [0.2, 0.25) is 0 Å². The second kappa shape index (κ2) is 10.5. The van der Waals surface area contributed by atoms with Gasteiger partial charge in [-0.25, -0.2) is 12.8 Å². The van der Waals surface area contributed by atoms with Gasteiger partial charge in [-0.15, -0.1) is 0 Å². The maximum absolute atomic E-state index is 13.2. The average Bonchev–Trinajstić information content (AvgIpc) is 2.71. The largest absolute Gasteiger partial charge is 0.356 e. The SMILES string of the molecule is CN=C(NCCc1ccc(F)cc1C)NCc1ccc(S(=O)(=O)N(C)C(C)C)cc1. The van der Waals surface area contributed by atoms with Gasteiger partial charge in [0, 0.05) is 33.2 Å². The first-order valence-corrected chi connectivity index (χ1v) is 11.4. The highest BCUT2D eigenvalue weighted by Gasteiger charge is 2.22. The molecule has 0 saturated carbocycles. The number of aliphatic imine (C=N–C) groups is 1. The van der Waals surface area contributed by atoms with Crippen LogP contribution in [0.25, 0.3) is 0 Å². The highest BCUT2D eigenvalue weighted by molar-refractivity contribution is 7.89. The molecule has 0 aromatic heterocycles. The fourth-order valence-corrected chi connectivity index (χ4v) is 4.25. The molecule has 30 heavy (non-hydrogen) atoms. The second-order valence-corrected chi connectivity index (χ2v) is 9.43. The molecule has 0 heterocycles. The second-order valence-electron chi connectivity index (χ2n) is 7.43. The summed E-state index contributed by atoms with van der Waals surface area (Å²) in [6, 6.07) is 11.5. The van der Waals surface area contributed by atoms with E-state index in [0.29, 0.717) is 19.0 Å². The summed E-state index contributed by atoms with van der Waals surface area (Å²) in [5.74, 6) is 0.419. The lowest BCUT2D eigenvalue weighted by Gasteiger charge is -2.21. The van der Waals surface area contributed by atoms with E-state index in [2.05, 4.69) is 15.6 Å². The zero-order chi connectivity index (χ0) is 22.3. The first kappa shape index (κ1) is 23.8. The predicted octanol–water partition coefficient (Wildman–Crippen LogP) is 3.07. The van der Waals surface area contributed by atoms with E-state index >= 15 is 0 Å².